The highest BCUT2D eigenvalue weighted by atomic mass is 32.2. The van der Waals surface area contributed by atoms with Crippen molar-refractivity contribution in [1.29, 1.82) is 0 Å². The van der Waals surface area contributed by atoms with Crippen LogP contribution in [0.15, 0.2) is 64.4 Å². The molecular weight excluding hydrogens is 368 g/mol. The van der Waals surface area contributed by atoms with Crippen LogP contribution in [0.3, 0.4) is 0 Å². The van der Waals surface area contributed by atoms with Crippen molar-refractivity contribution in [1.82, 2.24) is 4.90 Å². The zero-order chi connectivity index (χ0) is 19.3. The smallest absolute Gasteiger partial charge is 0.229 e. The van der Waals surface area contributed by atoms with Crippen LogP contribution in [0.4, 0.5) is 5.69 Å². The second-order valence-electron chi connectivity index (χ2n) is 7.64. The third-order valence-electron chi connectivity index (χ3n) is 5.66. The van der Waals surface area contributed by atoms with Gasteiger partial charge in [0.05, 0.1) is 11.6 Å². The first-order chi connectivity index (χ1) is 13.7. The van der Waals surface area contributed by atoms with Gasteiger partial charge in [0.1, 0.15) is 0 Å². The number of rotatable bonds is 5. The lowest BCUT2D eigenvalue weighted by Crippen LogP contribution is -2.38. The predicted octanol–water partition coefficient (Wildman–Crippen LogP) is 4.96. The highest BCUT2D eigenvalue weighted by molar-refractivity contribution is 7.99. The van der Waals surface area contributed by atoms with E-state index in [0.717, 1.165) is 28.3 Å². The lowest BCUT2D eigenvalue weighted by Gasteiger charge is -2.31. The molecule has 2 aliphatic rings. The van der Waals surface area contributed by atoms with Gasteiger partial charge in [-0.15, -0.1) is 0 Å². The maximum absolute atomic E-state index is 12.9. The van der Waals surface area contributed by atoms with Crippen molar-refractivity contribution < 1.29 is 9.59 Å². The molecule has 5 heteroatoms. The maximum Gasteiger partial charge on any atom is 0.229 e. The van der Waals surface area contributed by atoms with Crippen LogP contribution in [0.1, 0.15) is 38.5 Å². The Balaban J connectivity index is 1.42. The van der Waals surface area contributed by atoms with Crippen LogP contribution in [0.2, 0.25) is 0 Å². The summed E-state index contributed by atoms with van der Waals surface area (Å²) in [6, 6.07) is 18.3. The first kappa shape index (κ1) is 19.1. The van der Waals surface area contributed by atoms with E-state index in [4.69, 9.17) is 0 Å². The number of anilines is 1. The zero-order valence-corrected chi connectivity index (χ0v) is 16.8. The van der Waals surface area contributed by atoms with Crippen LogP contribution in [0.25, 0.3) is 0 Å². The number of benzene rings is 2. The SMILES string of the molecule is O=C(Nc1ccccc1Sc1ccccc1)C1CC(=O)N(C2CCCCC2)C1. The summed E-state index contributed by atoms with van der Waals surface area (Å²) in [5.74, 6) is -0.170. The number of para-hydroxylation sites is 1. The summed E-state index contributed by atoms with van der Waals surface area (Å²) in [7, 11) is 0. The molecule has 1 atom stereocenters. The predicted molar refractivity (Wildman–Crippen MR) is 112 cm³/mol. The van der Waals surface area contributed by atoms with E-state index in [1.165, 1.54) is 19.3 Å². The van der Waals surface area contributed by atoms with Crippen molar-refractivity contribution in [2.24, 2.45) is 5.92 Å². The largest absolute Gasteiger partial charge is 0.339 e. The number of carbonyl (C=O) groups is 2. The van der Waals surface area contributed by atoms with E-state index in [1.54, 1.807) is 11.8 Å². The molecule has 2 aromatic rings. The Morgan fingerprint density at radius 1 is 0.964 bits per heavy atom. The van der Waals surface area contributed by atoms with Crippen LogP contribution in [-0.4, -0.2) is 29.3 Å². The van der Waals surface area contributed by atoms with E-state index in [1.807, 2.05) is 47.4 Å². The summed E-state index contributed by atoms with van der Waals surface area (Å²) in [4.78, 5) is 29.5. The number of hydrogen-bond acceptors (Lipinski definition) is 3. The molecule has 1 saturated carbocycles. The van der Waals surface area contributed by atoms with Crippen LogP contribution in [0.5, 0.6) is 0 Å². The number of nitrogens with zero attached hydrogens (tertiary/aromatic N) is 1. The average molecular weight is 395 g/mol. The second kappa shape index (κ2) is 8.82. The third kappa shape index (κ3) is 4.41. The summed E-state index contributed by atoms with van der Waals surface area (Å²) in [6.45, 7) is 0.559. The monoisotopic (exact) mass is 394 g/mol. The summed E-state index contributed by atoms with van der Waals surface area (Å²) in [5.41, 5.74) is 0.810. The van der Waals surface area contributed by atoms with Crippen molar-refractivity contribution in [3.63, 3.8) is 0 Å². The normalized spacial score (nSPS) is 20.4. The van der Waals surface area contributed by atoms with Crippen molar-refractivity contribution in [3.8, 4) is 0 Å². The molecule has 2 amide bonds. The number of hydrogen-bond donors (Lipinski definition) is 1. The van der Waals surface area contributed by atoms with Crippen LogP contribution >= 0.6 is 11.8 Å². The molecule has 0 aromatic heterocycles. The molecule has 0 bridgehead atoms. The minimum atomic E-state index is -0.260. The highest BCUT2D eigenvalue weighted by Gasteiger charge is 2.38. The van der Waals surface area contributed by atoms with Gasteiger partial charge < -0.3 is 10.2 Å². The van der Waals surface area contributed by atoms with Gasteiger partial charge in [-0.25, -0.2) is 0 Å². The van der Waals surface area contributed by atoms with Crippen LogP contribution in [0, 0.1) is 5.92 Å². The lowest BCUT2D eigenvalue weighted by atomic mass is 9.94. The first-order valence-electron chi connectivity index (χ1n) is 10.1. The van der Waals surface area contributed by atoms with E-state index < -0.39 is 0 Å². The Morgan fingerprint density at radius 3 is 2.46 bits per heavy atom. The van der Waals surface area contributed by atoms with E-state index in [2.05, 4.69) is 17.4 Å². The van der Waals surface area contributed by atoms with Crippen LogP contribution < -0.4 is 5.32 Å². The van der Waals surface area contributed by atoms with Gasteiger partial charge >= 0.3 is 0 Å². The van der Waals surface area contributed by atoms with Crippen molar-refractivity contribution >= 4 is 29.3 Å². The van der Waals surface area contributed by atoms with E-state index in [9.17, 15) is 9.59 Å². The Morgan fingerprint density at radius 2 is 1.68 bits per heavy atom. The Bertz CT molecular complexity index is 834. The standard InChI is InChI=1S/C23H26N2O2S/c26-22-15-17(16-25(22)18-9-3-1-4-10-18)23(27)24-20-13-7-8-14-21(20)28-19-11-5-2-6-12-19/h2,5-8,11-14,17-18H,1,3-4,9-10,15-16H2,(H,24,27). The fourth-order valence-corrected chi connectivity index (χ4v) is 5.08. The minimum Gasteiger partial charge on any atom is -0.339 e. The maximum atomic E-state index is 12.9. The first-order valence-corrected chi connectivity index (χ1v) is 10.9. The molecular formula is C23H26N2O2S. The third-order valence-corrected chi connectivity index (χ3v) is 6.74. The fourth-order valence-electron chi connectivity index (χ4n) is 4.16. The summed E-state index contributed by atoms with van der Waals surface area (Å²) >= 11 is 1.63. The topological polar surface area (TPSA) is 49.4 Å². The summed E-state index contributed by atoms with van der Waals surface area (Å²) in [6.07, 6.45) is 6.13. The van der Waals surface area contributed by atoms with E-state index >= 15 is 0 Å². The van der Waals surface area contributed by atoms with Gasteiger partial charge in [-0.3, -0.25) is 9.59 Å². The number of carbonyl (C=O) groups excluding carboxylic acids is 2. The van der Waals surface area contributed by atoms with Gasteiger partial charge in [-0.1, -0.05) is 61.4 Å². The van der Waals surface area contributed by atoms with Gasteiger partial charge in [0.2, 0.25) is 11.8 Å². The fraction of sp³-hybridized carbons (Fsp3) is 0.391. The molecule has 0 radical (unpaired) electrons. The Labute approximate surface area is 170 Å². The highest BCUT2D eigenvalue weighted by Crippen LogP contribution is 2.34. The molecule has 1 saturated heterocycles. The van der Waals surface area contributed by atoms with Crippen molar-refractivity contribution in [2.45, 2.75) is 54.4 Å². The minimum absolute atomic E-state index is 0.0484. The molecule has 2 aromatic carbocycles. The second-order valence-corrected chi connectivity index (χ2v) is 8.75. The lowest BCUT2D eigenvalue weighted by molar-refractivity contribution is -0.130. The van der Waals surface area contributed by atoms with Gasteiger partial charge in [-0.05, 0) is 37.1 Å². The van der Waals surface area contributed by atoms with Gasteiger partial charge in [-0.2, -0.15) is 0 Å². The zero-order valence-electron chi connectivity index (χ0n) is 16.0. The van der Waals surface area contributed by atoms with Crippen molar-refractivity contribution in [3.05, 3.63) is 54.6 Å². The molecule has 1 heterocycles. The molecule has 1 aliphatic heterocycles. The molecule has 28 heavy (non-hydrogen) atoms. The summed E-state index contributed by atoms with van der Waals surface area (Å²) in [5, 5.41) is 3.08. The van der Waals surface area contributed by atoms with Crippen LogP contribution in [-0.2, 0) is 9.59 Å². The number of nitrogens with one attached hydrogen (secondary N) is 1. The summed E-state index contributed by atoms with van der Waals surface area (Å²) < 4.78 is 0. The average Bonchev–Trinajstić information content (AvgIpc) is 3.13. The molecule has 1 aliphatic carbocycles. The molecule has 4 rings (SSSR count). The van der Waals surface area contributed by atoms with E-state index in [0.29, 0.717) is 19.0 Å². The molecule has 4 nitrogen and oxygen atoms in total. The van der Waals surface area contributed by atoms with E-state index in [-0.39, 0.29) is 17.7 Å². The Kier molecular flexibility index (Phi) is 6.01. The van der Waals surface area contributed by atoms with Gasteiger partial charge in [0.15, 0.2) is 0 Å². The van der Waals surface area contributed by atoms with Gasteiger partial charge in [0, 0.05) is 28.8 Å². The quantitative estimate of drug-likeness (QED) is 0.780. The van der Waals surface area contributed by atoms with Gasteiger partial charge in [0.25, 0.3) is 0 Å². The molecule has 1 N–H and O–H groups in total. The Hall–Kier alpha value is -2.27. The number of likely N-dealkylation sites (tertiary alicyclic amines) is 1. The molecule has 2 fully saturated rings. The van der Waals surface area contributed by atoms with Crippen molar-refractivity contribution in [2.75, 3.05) is 11.9 Å². The molecule has 1 unspecified atom stereocenters. The number of amides is 2. The molecule has 146 valence electrons. The molecule has 0 spiro atoms.